The van der Waals surface area contributed by atoms with Gasteiger partial charge in [0.2, 0.25) is 0 Å². The lowest BCUT2D eigenvalue weighted by Gasteiger charge is -2.35. The van der Waals surface area contributed by atoms with E-state index >= 15 is 0 Å². The van der Waals surface area contributed by atoms with Crippen LogP contribution in [0.2, 0.25) is 5.02 Å². The van der Waals surface area contributed by atoms with Gasteiger partial charge in [-0.3, -0.25) is 9.59 Å². The maximum absolute atomic E-state index is 13.9. The summed E-state index contributed by atoms with van der Waals surface area (Å²) >= 11 is 5.91. The first kappa shape index (κ1) is 22.8. The number of aryl methyl sites for hydroxylation is 1. The van der Waals surface area contributed by atoms with E-state index in [-0.39, 0.29) is 42.8 Å². The van der Waals surface area contributed by atoms with Crippen LogP contribution < -0.4 is 0 Å². The lowest BCUT2D eigenvalue weighted by atomic mass is 10.1. The molecule has 0 aliphatic carbocycles. The summed E-state index contributed by atoms with van der Waals surface area (Å²) < 4.78 is 42.4. The van der Waals surface area contributed by atoms with Crippen molar-refractivity contribution >= 4 is 23.4 Å². The van der Waals surface area contributed by atoms with E-state index in [0.29, 0.717) is 10.2 Å². The Hall–Kier alpha value is -3.33. The molecule has 1 aromatic heterocycles. The van der Waals surface area contributed by atoms with E-state index in [4.69, 9.17) is 11.6 Å². The highest BCUT2D eigenvalue weighted by Gasteiger charge is 2.42. The SMILES string of the molecule is Cc1ccc(C(=O)N2CCN(C(=O)c3cnn(-c4cccc(Cl)c4)c3C(F)(F)F)CC2)cc1. The Balaban J connectivity index is 1.53. The summed E-state index contributed by atoms with van der Waals surface area (Å²) in [6.45, 7) is 2.61. The van der Waals surface area contributed by atoms with E-state index in [1.54, 1.807) is 17.0 Å². The fourth-order valence-electron chi connectivity index (χ4n) is 3.74. The number of benzene rings is 2. The molecule has 0 radical (unpaired) electrons. The first-order valence-corrected chi connectivity index (χ1v) is 10.6. The summed E-state index contributed by atoms with van der Waals surface area (Å²) in [7, 11) is 0. The zero-order valence-corrected chi connectivity index (χ0v) is 18.4. The predicted molar refractivity (Wildman–Crippen MR) is 117 cm³/mol. The van der Waals surface area contributed by atoms with Gasteiger partial charge in [0.15, 0.2) is 5.69 Å². The van der Waals surface area contributed by atoms with Crippen molar-refractivity contribution in [3.8, 4) is 5.69 Å². The van der Waals surface area contributed by atoms with Crippen molar-refractivity contribution in [3.05, 3.63) is 82.1 Å². The van der Waals surface area contributed by atoms with Gasteiger partial charge in [0.25, 0.3) is 11.8 Å². The lowest BCUT2D eigenvalue weighted by Crippen LogP contribution is -2.50. The number of amides is 2. The molecular formula is C23H20ClF3N4O2. The van der Waals surface area contributed by atoms with Crippen molar-refractivity contribution in [3.63, 3.8) is 0 Å². The summed E-state index contributed by atoms with van der Waals surface area (Å²) in [6, 6.07) is 12.9. The largest absolute Gasteiger partial charge is 0.434 e. The number of halogens is 4. The van der Waals surface area contributed by atoms with Gasteiger partial charge < -0.3 is 9.80 Å². The summed E-state index contributed by atoms with van der Waals surface area (Å²) in [4.78, 5) is 28.6. The molecule has 2 heterocycles. The molecule has 3 aromatic rings. The number of rotatable bonds is 3. The average molecular weight is 477 g/mol. The van der Waals surface area contributed by atoms with E-state index in [0.717, 1.165) is 11.8 Å². The number of nitrogens with zero attached hydrogens (tertiary/aromatic N) is 4. The molecule has 0 saturated carbocycles. The topological polar surface area (TPSA) is 58.4 Å². The van der Waals surface area contributed by atoms with E-state index in [2.05, 4.69) is 5.10 Å². The second-order valence-corrected chi connectivity index (χ2v) is 8.18. The Kier molecular flexibility index (Phi) is 6.16. The van der Waals surface area contributed by atoms with Crippen LogP contribution in [0.1, 0.15) is 32.0 Å². The number of carbonyl (C=O) groups excluding carboxylic acids is 2. The maximum atomic E-state index is 13.9. The standard InChI is InChI=1S/C23H20ClF3N4O2/c1-15-5-7-16(8-6-15)21(32)29-9-11-30(12-10-29)22(33)19-14-28-31(20(19)23(25,26)27)18-4-2-3-17(24)13-18/h2-8,13-14H,9-12H2,1H3. The molecular weight excluding hydrogens is 457 g/mol. The van der Waals surface area contributed by atoms with Crippen LogP contribution in [0.4, 0.5) is 13.2 Å². The third-order valence-electron chi connectivity index (χ3n) is 5.47. The molecule has 1 aliphatic heterocycles. The van der Waals surface area contributed by atoms with Crippen LogP contribution in [0.5, 0.6) is 0 Å². The van der Waals surface area contributed by atoms with Gasteiger partial charge in [-0.1, -0.05) is 35.4 Å². The first-order chi connectivity index (χ1) is 15.6. The molecule has 0 spiro atoms. The Labute approximate surface area is 193 Å². The minimum atomic E-state index is -4.81. The van der Waals surface area contributed by atoms with Gasteiger partial charge in [0, 0.05) is 36.8 Å². The van der Waals surface area contributed by atoms with Crippen LogP contribution >= 0.6 is 11.6 Å². The van der Waals surface area contributed by atoms with E-state index in [1.165, 1.54) is 29.2 Å². The number of piperazine rings is 1. The molecule has 6 nitrogen and oxygen atoms in total. The third kappa shape index (κ3) is 4.73. The van der Waals surface area contributed by atoms with Crippen molar-refractivity contribution in [2.24, 2.45) is 0 Å². The van der Waals surface area contributed by atoms with Crippen LogP contribution in [0.15, 0.2) is 54.7 Å². The van der Waals surface area contributed by atoms with E-state index < -0.39 is 23.3 Å². The van der Waals surface area contributed by atoms with Gasteiger partial charge in [-0.05, 0) is 37.3 Å². The zero-order chi connectivity index (χ0) is 23.8. The maximum Gasteiger partial charge on any atom is 0.434 e. The molecule has 2 amide bonds. The molecule has 2 aromatic carbocycles. The number of aromatic nitrogens is 2. The van der Waals surface area contributed by atoms with Crippen LogP contribution in [0, 0.1) is 6.92 Å². The van der Waals surface area contributed by atoms with Crippen molar-refractivity contribution in [1.82, 2.24) is 19.6 Å². The molecule has 0 unspecified atom stereocenters. The molecule has 10 heteroatoms. The molecule has 4 rings (SSSR count). The third-order valence-corrected chi connectivity index (χ3v) is 5.71. The van der Waals surface area contributed by atoms with Crippen molar-refractivity contribution in [2.75, 3.05) is 26.2 Å². The van der Waals surface area contributed by atoms with Crippen LogP contribution in [0.25, 0.3) is 5.69 Å². The zero-order valence-electron chi connectivity index (χ0n) is 17.6. The van der Waals surface area contributed by atoms with Gasteiger partial charge >= 0.3 is 6.18 Å². The molecule has 1 aliphatic rings. The van der Waals surface area contributed by atoms with Gasteiger partial charge in [0.1, 0.15) is 0 Å². The summed E-state index contributed by atoms with van der Waals surface area (Å²) in [5.41, 5.74) is -0.0422. The number of hydrogen-bond acceptors (Lipinski definition) is 3. The van der Waals surface area contributed by atoms with Crippen molar-refractivity contribution in [1.29, 1.82) is 0 Å². The second kappa shape index (κ2) is 8.90. The Morgan fingerprint density at radius 3 is 2.12 bits per heavy atom. The van der Waals surface area contributed by atoms with Crippen molar-refractivity contribution < 1.29 is 22.8 Å². The Bertz CT molecular complexity index is 1180. The summed E-state index contributed by atoms with van der Waals surface area (Å²) in [6.07, 6.45) is -3.89. The molecule has 0 atom stereocenters. The first-order valence-electron chi connectivity index (χ1n) is 10.2. The molecule has 1 fully saturated rings. The fourth-order valence-corrected chi connectivity index (χ4v) is 3.93. The highest BCUT2D eigenvalue weighted by Crippen LogP contribution is 2.34. The summed E-state index contributed by atoms with van der Waals surface area (Å²) in [5, 5.41) is 4.07. The number of alkyl halides is 3. The smallest absolute Gasteiger partial charge is 0.335 e. The fraction of sp³-hybridized carbons (Fsp3) is 0.261. The van der Waals surface area contributed by atoms with Gasteiger partial charge in [-0.2, -0.15) is 18.3 Å². The van der Waals surface area contributed by atoms with Gasteiger partial charge in [-0.15, -0.1) is 0 Å². The molecule has 172 valence electrons. The second-order valence-electron chi connectivity index (χ2n) is 7.75. The molecule has 33 heavy (non-hydrogen) atoms. The lowest BCUT2D eigenvalue weighted by molar-refractivity contribution is -0.143. The Morgan fingerprint density at radius 2 is 1.55 bits per heavy atom. The van der Waals surface area contributed by atoms with E-state index in [1.807, 2.05) is 19.1 Å². The highest BCUT2D eigenvalue weighted by molar-refractivity contribution is 6.30. The summed E-state index contributed by atoms with van der Waals surface area (Å²) in [5.74, 6) is -0.954. The predicted octanol–water partition coefficient (Wildman–Crippen LogP) is 4.45. The highest BCUT2D eigenvalue weighted by atomic mass is 35.5. The number of carbonyl (C=O) groups is 2. The van der Waals surface area contributed by atoms with E-state index in [9.17, 15) is 22.8 Å². The van der Waals surface area contributed by atoms with Crippen LogP contribution in [-0.2, 0) is 6.18 Å². The quantitative estimate of drug-likeness (QED) is 0.561. The average Bonchev–Trinajstić information content (AvgIpc) is 3.25. The molecule has 0 N–H and O–H groups in total. The van der Waals surface area contributed by atoms with Gasteiger partial charge in [0.05, 0.1) is 17.4 Å². The van der Waals surface area contributed by atoms with Crippen LogP contribution in [-0.4, -0.2) is 57.6 Å². The molecule has 0 bridgehead atoms. The van der Waals surface area contributed by atoms with Gasteiger partial charge in [-0.25, -0.2) is 4.68 Å². The number of hydrogen-bond donors (Lipinski definition) is 0. The molecule has 1 saturated heterocycles. The minimum absolute atomic E-state index is 0.0994. The van der Waals surface area contributed by atoms with Crippen molar-refractivity contribution in [2.45, 2.75) is 13.1 Å². The monoisotopic (exact) mass is 476 g/mol. The Morgan fingerprint density at radius 1 is 0.939 bits per heavy atom. The minimum Gasteiger partial charge on any atom is -0.335 e. The normalized spacial score (nSPS) is 14.5. The van der Waals surface area contributed by atoms with Crippen LogP contribution in [0.3, 0.4) is 0 Å².